The van der Waals surface area contributed by atoms with Crippen LogP contribution in [0, 0.1) is 5.82 Å². The smallest absolute Gasteiger partial charge is 0.123 e. The van der Waals surface area contributed by atoms with Crippen molar-refractivity contribution < 1.29 is 4.39 Å². The predicted molar refractivity (Wildman–Crippen MR) is 61.9 cm³/mol. The Labute approximate surface area is 93.4 Å². The second-order valence-electron chi connectivity index (χ2n) is 3.75. The van der Waals surface area contributed by atoms with E-state index in [1.54, 1.807) is 12.1 Å². The van der Waals surface area contributed by atoms with Crippen LogP contribution in [0.4, 0.5) is 4.39 Å². The van der Waals surface area contributed by atoms with Crippen molar-refractivity contribution in [3.05, 3.63) is 35.6 Å². The van der Waals surface area contributed by atoms with Crippen LogP contribution in [0.1, 0.15) is 24.4 Å². The minimum absolute atomic E-state index is 0.137. The quantitative estimate of drug-likeness (QED) is 0.613. The molecule has 2 rings (SSSR count). The molecule has 1 aromatic rings. The van der Waals surface area contributed by atoms with Crippen LogP contribution in [-0.2, 0) is 0 Å². The number of rotatable bonds is 3. The lowest BCUT2D eigenvalue weighted by molar-refractivity contribution is 0.519. The van der Waals surface area contributed by atoms with Gasteiger partial charge in [0.15, 0.2) is 0 Å². The number of hydrogen-bond acceptors (Lipinski definition) is 3. The third-order valence-electron chi connectivity index (χ3n) is 2.75. The van der Waals surface area contributed by atoms with Crippen LogP contribution in [0.15, 0.2) is 24.3 Å². The number of hydrogen-bond donors (Lipinski definition) is 2. The average molecular weight is 226 g/mol. The molecule has 0 radical (unpaired) electrons. The van der Waals surface area contributed by atoms with Crippen molar-refractivity contribution in [3.63, 3.8) is 0 Å². The average Bonchev–Trinajstić information content (AvgIpc) is 2.75. The summed E-state index contributed by atoms with van der Waals surface area (Å²) in [6.45, 7) is 0. The van der Waals surface area contributed by atoms with Crippen LogP contribution in [0.5, 0.6) is 0 Å². The first-order chi connectivity index (χ1) is 7.31. The van der Waals surface area contributed by atoms with Crippen molar-refractivity contribution in [2.24, 2.45) is 5.84 Å². The van der Waals surface area contributed by atoms with Gasteiger partial charge in [0.25, 0.3) is 0 Å². The van der Waals surface area contributed by atoms with Crippen LogP contribution in [0.2, 0.25) is 0 Å². The lowest BCUT2D eigenvalue weighted by Gasteiger charge is -2.22. The summed E-state index contributed by atoms with van der Waals surface area (Å²) >= 11 is 1.94. The van der Waals surface area contributed by atoms with Gasteiger partial charge in [0.1, 0.15) is 5.82 Å². The molecule has 1 aliphatic rings. The molecule has 15 heavy (non-hydrogen) atoms. The highest BCUT2D eigenvalue weighted by Gasteiger charge is 2.25. The number of hydrazine groups is 1. The van der Waals surface area contributed by atoms with E-state index in [1.807, 2.05) is 11.8 Å². The highest BCUT2D eigenvalue weighted by atomic mass is 32.2. The first kappa shape index (κ1) is 10.9. The number of nitrogens with one attached hydrogen (secondary N) is 1. The molecule has 1 aliphatic heterocycles. The topological polar surface area (TPSA) is 38.0 Å². The number of benzene rings is 1. The van der Waals surface area contributed by atoms with Gasteiger partial charge in [0.2, 0.25) is 0 Å². The Morgan fingerprint density at radius 2 is 2.13 bits per heavy atom. The minimum Gasteiger partial charge on any atom is -0.271 e. The highest BCUT2D eigenvalue weighted by molar-refractivity contribution is 8.00. The molecule has 1 heterocycles. The monoisotopic (exact) mass is 226 g/mol. The Hall–Kier alpha value is -0.580. The van der Waals surface area contributed by atoms with Crippen molar-refractivity contribution in [3.8, 4) is 0 Å². The fourth-order valence-corrected chi connectivity index (χ4v) is 3.35. The Kier molecular flexibility index (Phi) is 3.61. The van der Waals surface area contributed by atoms with E-state index in [9.17, 15) is 4.39 Å². The second-order valence-corrected chi connectivity index (χ2v) is 5.09. The number of nitrogens with two attached hydrogens (primary N) is 1. The largest absolute Gasteiger partial charge is 0.271 e. The highest BCUT2D eigenvalue weighted by Crippen LogP contribution is 2.35. The van der Waals surface area contributed by atoms with Gasteiger partial charge in [-0.3, -0.25) is 11.3 Å². The molecular weight excluding hydrogens is 211 g/mol. The summed E-state index contributed by atoms with van der Waals surface area (Å²) in [5, 5.41) is 0.514. The van der Waals surface area contributed by atoms with E-state index in [2.05, 4.69) is 5.43 Å². The van der Waals surface area contributed by atoms with Gasteiger partial charge < -0.3 is 0 Å². The predicted octanol–water partition coefficient (Wildman–Crippen LogP) is 2.23. The van der Waals surface area contributed by atoms with E-state index in [-0.39, 0.29) is 11.9 Å². The molecule has 2 nitrogen and oxygen atoms in total. The second kappa shape index (κ2) is 4.96. The number of halogens is 1. The summed E-state index contributed by atoms with van der Waals surface area (Å²) in [4.78, 5) is 0. The zero-order valence-corrected chi connectivity index (χ0v) is 9.27. The standard InChI is InChI=1S/C11H15FN2S/c12-9-5-3-8(4-6-9)11(14-13)10-2-1-7-15-10/h3-6,10-11,14H,1-2,7,13H2. The molecule has 1 aromatic carbocycles. The van der Waals surface area contributed by atoms with Gasteiger partial charge in [-0.2, -0.15) is 11.8 Å². The molecule has 1 saturated heterocycles. The van der Waals surface area contributed by atoms with Crippen LogP contribution in [0.3, 0.4) is 0 Å². The van der Waals surface area contributed by atoms with Crippen molar-refractivity contribution >= 4 is 11.8 Å². The first-order valence-corrected chi connectivity index (χ1v) is 6.19. The fraction of sp³-hybridized carbons (Fsp3) is 0.455. The van der Waals surface area contributed by atoms with Crippen LogP contribution in [-0.4, -0.2) is 11.0 Å². The molecule has 3 N–H and O–H groups in total. The van der Waals surface area contributed by atoms with Gasteiger partial charge in [0, 0.05) is 5.25 Å². The molecule has 0 aliphatic carbocycles. The van der Waals surface area contributed by atoms with Crippen LogP contribution >= 0.6 is 11.8 Å². The normalized spacial score (nSPS) is 22.9. The molecule has 0 amide bonds. The summed E-state index contributed by atoms with van der Waals surface area (Å²) in [6.07, 6.45) is 2.42. The molecule has 0 spiro atoms. The van der Waals surface area contributed by atoms with Crippen molar-refractivity contribution in [1.29, 1.82) is 0 Å². The zero-order chi connectivity index (χ0) is 10.7. The summed E-state index contributed by atoms with van der Waals surface area (Å²) in [7, 11) is 0. The van der Waals surface area contributed by atoms with E-state index < -0.39 is 0 Å². The van der Waals surface area contributed by atoms with E-state index >= 15 is 0 Å². The summed E-state index contributed by atoms with van der Waals surface area (Å²) in [5.74, 6) is 6.56. The van der Waals surface area contributed by atoms with Gasteiger partial charge >= 0.3 is 0 Å². The SMILES string of the molecule is NNC(c1ccc(F)cc1)C1CCCS1. The fourth-order valence-electron chi connectivity index (χ4n) is 1.95. The Morgan fingerprint density at radius 1 is 1.40 bits per heavy atom. The minimum atomic E-state index is -0.200. The molecule has 2 unspecified atom stereocenters. The third kappa shape index (κ3) is 2.51. The molecule has 0 bridgehead atoms. The third-order valence-corrected chi connectivity index (χ3v) is 4.21. The van der Waals surface area contributed by atoms with Crippen LogP contribution in [0.25, 0.3) is 0 Å². The molecule has 1 fully saturated rings. The van der Waals surface area contributed by atoms with E-state index in [1.165, 1.54) is 30.7 Å². The summed E-state index contributed by atoms with van der Waals surface area (Å²) < 4.78 is 12.8. The lowest BCUT2D eigenvalue weighted by Crippen LogP contribution is -2.34. The summed E-state index contributed by atoms with van der Waals surface area (Å²) in [5.41, 5.74) is 3.90. The van der Waals surface area contributed by atoms with E-state index in [0.717, 1.165) is 5.56 Å². The van der Waals surface area contributed by atoms with Gasteiger partial charge in [0.05, 0.1) is 6.04 Å². The molecule has 0 saturated carbocycles. The summed E-state index contributed by atoms with van der Waals surface area (Å²) in [6, 6.07) is 6.72. The maximum Gasteiger partial charge on any atom is 0.123 e. The van der Waals surface area contributed by atoms with Gasteiger partial charge in [-0.1, -0.05) is 12.1 Å². The van der Waals surface area contributed by atoms with Crippen LogP contribution < -0.4 is 11.3 Å². The number of thioether (sulfide) groups is 1. The van der Waals surface area contributed by atoms with Crippen molar-refractivity contribution in [2.45, 2.75) is 24.1 Å². The molecule has 4 heteroatoms. The Bertz CT molecular complexity index is 309. The maximum atomic E-state index is 12.8. The van der Waals surface area contributed by atoms with Gasteiger partial charge in [-0.15, -0.1) is 0 Å². The molecule has 2 atom stereocenters. The Morgan fingerprint density at radius 3 is 2.67 bits per heavy atom. The molecular formula is C11H15FN2S. The first-order valence-electron chi connectivity index (χ1n) is 5.14. The molecule has 0 aromatic heterocycles. The van der Waals surface area contributed by atoms with Gasteiger partial charge in [-0.25, -0.2) is 4.39 Å². The van der Waals surface area contributed by atoms with E-state index in [0.29, 0.717) is 5.25 Å². The maximum absolute atomic E-state index is 12.8. The Balaban J connectivity index is 2.14. The van der Waals surface area contributed by atoms with Crippen molar-refractivity contribution in [1.82, 2.24) is 5.43 Å². The van der Waals surface area contributed by atoms with Gasteiger partial charge in [-0.05, 0) is 36.3 Å². The van der Waals surface area contributed by atoms with Crippen molar-refractivity contribution in [2.75, 3.05) is 5.75 Å². The lowest BCUT2D eigenvalue weighted by atomic mass is 10.0. The van der Waals surface area contributed by atoms with E-state index in [4.69, 9.17) is 5.84 Å². The molecule has 82 valence electrons. The zero-order valence-electron chi connectivity index (χ0n) is 8.45.